The molecule has 0 aliphatic carbocycles. The number of carbonyl (C=O) groups is 1. The molecule has 134 valence electrons. The van der Waals surface area contributed by atoms with Crippen molar-refractivity contribution in [2.75, 3.05) is 11.9 Å². The van der Waals surface area contributed by atoms with Crippen LogP contribution in [0.2, 0.25) is 10.0 Å². The summed E-state index contributed by atoms with van der Waals surface area (Å²) in [5.41, 5.74) is 1.47. The third-order valence-electron chi connectivity index (χ3n) is 3.48. The van der Waals surface area contributed by atoms with Crippen molar-refractivity contribution in [3.63, 3.8) is 0 Å². The zero-order valence-electron chi connectivity index (χ0n) is 13.8. The number of benzene rings is 2. The van der Waals surface area contributed by atoms with Crippen LogP contribution in [-0.2, 0) is 0 Å². The van der Waals surface area contributed by atoms with Crippen molar-refractivity contribution in [2.45, 2.75) is 13.3 Å². The van der Waals surface area contributed by atoms with Gasteiger partial charge in [-0.1, -0.05) is 60.5 Å². The lowest BCUT2D eigenvalue weighted by Crippen LogP contribution is -2.13. The third kappa shape index (κ3) is 3.98. The Kier molecular flexibility index (Phi) is 5.75. The normalized spacial score (nSPS) is 10.6. The first-order valence-corrected chi connectivity index (χ1v) is 8.67. The van der Waals surface area contributed by atoms with E-state index in [1.807, 2.05) is 37.3 Å². The van der Waals surface area contributed by atoms with E-state index >= 15 is 0 Å². The number of hydrogen-bond donors (Lipinski definition) is 1. The molecule has 1 N–H and O–H groups in total. The molecule has 0 saturated carbocycles. The minimum Gasteiger partial charge on any atom is -0.490 e. The van der Waals surface area contributed by atoms with Gasteiger partial charge in [-0.2, -0.15) is 0 Å². The molecule has 0 atom stereocenters. The summed E-state index contributed by atoms with van der Waals surface area (Å²) >= 11 is 12.4. The van der Waals surface area contributed by atoms with E-state index in [0.29, 0.717) is 18.1 Å². The number of anilines is 1. The second-order valence-corrected chi connectivity index (χ2v) is 6.21. The maximum atomic E-state index is 12.5. The minimum atomic E-state index is -0.441. The highest BCUT2D eigenvalue weighted by Crippen LogP contribution is 2.34. The van der Waals surface area contributed by atoms with Crippen molar-refractivity contribution >= 4 is 34.9 Å². The number of carbonyl (C=O) groups excluding carboxylic acids is 1. The Morgan fingerprint density at radius 2 is 1.85 bits per heavy atom. The molecule has 1 heterocycles. The summed E-state index contributed by atoms with van der Waals surface area (Å²) in [4.78, 5) is 12.5. The minimum absolute atomic E-state index is 0.208. The molecule has 0 fully saturated rings. The van der Waals surface area contributed by atoms with Gasteiger partial charge >= 0.3 is 0 Å². The van der Waals surface area contributed by atoms with Gasteiger partial charge in [0.2, 0.25) is 5.82 Å². The summed E-state index contributed by atoms with van der Waals surface area (Å²) in [5.74, 6) is 0.128. The predicted molar refractivity (Wildman–Crippen MR) is 99.9 cm³/mol. The molecule has 26 heavy (non-hydrogen) atoms. The Hall–Kier alpha value is -2.57. The fraction of sp³-hybridized carbons (Fsp3) is 0.167. The van der Waals surface area contributed by atoms with E-state index in [4.69, 9.17) is 32.6 Å². The number of nitrogens with zero attached hydrogens (tertiary/aromatic N) is 2. The first-order chi connectivity index (χ1) is 12.6. The van der Waals surface area contributed by atoms with Crippen LogP contribution < -0.4 is 10.1 Å². The molecule has 0 saturated heterocycles. The van der Waals surface area contributed by atoms with Gasteiger partial charge in [-0.05, 0) is 28.9 Å². The lowest BCUT2D eigenvalue weighted by Gasteiger charge is -2.11. The van der Waals surface area contributed by atoms with E-state index in [1.165, 1.54) is 12.1 Å². The number of aromatic nitrogens is 2. The van der Waals surface area contributed by atoms with Crippen LogP contribution in [0.15, 0.2) is 47.1 Å². The molecular weight excluding hydrogens is 377 g/mol. The zero-order chi connectivity index (χ0) is 18.5. The summed E-state index contributed by atoms with van der Waals surface area (Å²) in [6, 6.07) is 12.2. The smallest absolute Gasteiger partial charge is 0.257 e. The molecule has 6 nitrogen and oxygen atoms in total. The number of nitrogens with one attached hydrogen (secondary N) is 1. The van der Waals surface area contributed by atoms with Crippen molar-refractivity contribution in [1.29, 1.82) is 0 Å². The Balaban J connectivity index is 1.83. The quantitative estimate of drug-likeness (QED) is 0.633. The molecule has 0 aliphatic rings. The van der Waals surface area contributed by atoms with Crippen molar-refractivity contribution in [1.82, 2.24) is 10.3 Å². The molecule has 0 aliphatic heterocycles. The van der Waals surface area contributed by atoms with Gasteiger partial charge in [0.05, 0.1) is 16.7 Å². The van der Waals surface area contributed by atoms with Gasteiger partial charge in [-0.15, -0.1) is 0 Å². The Morgan fingerprint density at radius 1 is 1.15 bits per heavy atom. The topological polar surface area (TPSA) is 77.2 Å². The first kappa shape index (κ1) is 18.2. The van der Waals surface area contributed by atoms with Crippen molar-refractivity contribution < 1.29 is 14.2 Å². The van der Waals surface area contributed by atoms with E-state index in [1.54, 1.807) is 0 Å². The molecule has 3 rings (SSSR count). The molecule has 1 aromatic heterocycles. The van der Waals surface area contributed by atoms with E-state index in [9.17, 15) is 4.79 Å². The Morgan fingerprint density at radius 3 is 2.50 bits per heavy atom. The van der Waals surface area contributed by atoms with Gasteiger partial charge < -0.3 is 10.1 Å². The molecule has 3 aromatic rings. The number of hydrogen-bond acceptors (Lipinski definition) is 5. The highest BCUT2D eigenvalue weighted by molar-refractivity contribution is 6.37. The molecule has 0 unspecified atom stereocenters. The van der Waals surface area contributed by atoms with Crippen LogP contribution in [0, 0.1) is 0 Å². The monoisotopic (exact) mass is 391 g/mol. The SMILES string of the molecule is CCCOc1c(Cl)cc(C(=O)Nc2nonc2-c2ccccc2)cc1Cl. The van der Waals surface area contributed by atoms with Crippen LogP contribution in [0.25, 0.3) is 11.3 Å². The van der Waals surface area contributed by atoms with Crippen molar-refractivity contribution in [3.05, 3.63) is 58.1 Å². The van der Waals surface area contributed by atoms with Crippen LogP contribution in [0.1, 0.15) is 23.7 Å². The van der Waals surface area contributed by atoms with Gasteiger partial charge in [0.25, 0.3) is 5.91 Å². The second kappa shape index (κ2) is 8.21. The van der Waals surface area contributed by atoms with Crippen LogP contribution in [0.4, 0.5) is 5.82 Å². The van der Waals surface area contributed by atoms with Gasteiger partial charge in [0.15, 0.2) is 11.4 Å². The van der Waals surface area contributed by atoms with E-state index in [0.717, 1.165) is 12.0 Å². The summed E-state index contributed by atoms with van der Waals surface area (Å²) in [5, 5.41) is 10.8. The second-order valence-electron chi connectivity index (χ2n) is 5.40. The summed E-state index contributed by atoms with van der Waals surface area (Å²) in [6.45, 7) is 2.45. The summed E-state index contributed by atoms with van der Waals surface area (Å²) < 4.78 is 10.3. The fourth-order valence-electron chi connectivity index (χ4n) is 2.27. The lowest BCUT2D eigenvalue weighted by molar-refractivity contribution is 0.102. The van der Waals surface area contributed by atoms with Crippen molar-refractivity contribution in [2.24, 2.45) is 0 Å². The number of rotatable bonds is 6. The fourth-order valence-corrected chi connectivity index (χ4v) is 2.86. The van der Waals surface area contributed by atoms with Crippen LogP contribution in [-0.4, -0.2) is 22.8 Å². The van der Waals surface area contributed by atoms with Crippen LogP contribution >= 0.6 is 23.2 Å². The molecule has 0 bridgehead atoms. The first-order valence-electron chi connectivity index (χ1n) is 7.91. The van der Waals surface area contributed by atoms with E-state index in [-0.39, 0.29) is 21.4 Å². The molecular formula is C18H15Cl2N3O3. The average Bonchev–Trinajstić information content (AvgIpc) is 3.09. The van der Waals surface area contributed by atoms with E-state index in [2.05, 4.69) is 15.6 Å². The molecule has 0 radical (unpaired) electrons. The summed E-state index contributed by atoms with van der Waals surface area (Å²) in [6.07, 6.45) is 0.816. The zero-order valence-corrected chi connectivity index (χ0v) is 15.3. The average molecular weight is 392 g/mol. The summed E-state index contributed by atoms with van der Waals surface area (Å²) in [7, 11) is 0. The highest BCUT2D eigenvalue weighted by Gasteiger charge is 2.18. The molecule has 8 heteroatoms. The van der Waals surface area contributed by atoms with Crippen molar-refractivity contribution in [3.8, 4) is 17.0 Å². The molecule has 2 aromatic carbocycles. The van der Waals surface area contributed by atoms with Gasteiger partial charge in [0.1, 0.15) is 0 Å². The number of halogens is 2. The Labute approximate surface area is 160 Å². The maximum Gasteiger partial charge on any atom is 0.257 e. The van der Waals surface area contributed by atoms with Crippen LogP contribution in [0.5, 0.6) is 5.75 Å². The lowest BCUT2D eigenvalue weighted by atomic mass is 10.1. The maximum absolute atomic E-state index is 12.5. The third-order valence-corrected chi connectivity index (χ3v) is 4.04. The highest BCUT2D eigenvalue weighted by atomic mass is 35.5. The van der Waals surface area contributed by atoms with Gasteiger partial charge in [-0.3, -0.25) is 4.79 Å². The van der Waals surface area contributed by atoms with Gasteiger partial charge in [-0.25, -0.2) is 4.63 Å². The predicted octanol–water partition coefficient (Wildman–Crippen LogP) is 5.08. The van der Waals surface area contributed by atoms with Crippen LogP contribution in [0.3, 0.4) is 0 Å². The molecule has 0 spiro atoms. The standard InChI is InChI=1S/C18H15Cl2N3O3/c1-2-8-25-16-13(19)9-12(10-14(16)20)18(24)21-17-15(22-26-23-17)11-6-4-3-5-7-11/h3-7,9-10H,2,8H2,1H3,(H,21,23,24). The largest absolute Gasteiger partial charge is 0.490 e. The molecule has 1 amide bonds. The van der Waals surface area contributed by atoms with Gasteiger partial charge in [0, 0.05) is 11.1 Å². The number of ether oxygens (including phenoxy) is 1. The number of amides is 1. The van der Waals surface area contributed by atoms with E-state index < -0.39 is 5.91 Å². The Bertz CT molecular complexity index is 890.